The molecule has 2 saturated heterocycles. The summed E-state index contributed by atoms with van der Waals surface area (Å²) < 4.78 is 5.67. The summed E-state index contributed by atoms with van der Waals surface area (Å²) in [6, 6.07) is 5.60. The Morgan fingerprint density at radius 1 is 1.20 bits per heavy atom. The van der Waals surface area contributed by atoms with E-state index >= 15 is 0 Å². The Morgan fingerprint density at radius 3 is 2.72 bits per heavy atom. The topological polar surface area (TPSA) is 95.5 Å². The highest BCUT2D eigenvalue weighted by Crippen LogP contribution is 2.32. The normalized spacial score (nSPS) is 24.7. The van der Waals surface area contributed by atoms with Gasteiger partial charge in [-0.1, -0.05) is 6.07 Å². The first-order valence-corrected chi connectivity index (χ1v) is 8.73. The van der Waals surface area contributed by atoms with Crippen molar-refractivity contribution in [1.29, 1.82) is 0 Å². The van der Waals surface area contributed by atoms with Gasteiger partial charge in [-0.05, 0) is 43.7 Å². The molecule has 0 bridgehead atoms. The van der Waals surface area contributed by atoms with Crippen LogP contribution in [0.25, 0.3) is 10.9 Å². The highest BCUT2D eigenvalue weighted by atomic mass is 16.5. The van der Waals surface area contributed by atoms with Gasteiger partial charge in [0.2, 0.25) is 0 Å². The van der Waals surface area contributed by atoms with Crippen molar-refractivity contribution < 1.29 is 19.4 Å². The number of ether oxygens (including phenoxy) is 1. The average molecular weight is 343 g/mol. The van der Waals surface area contributed by atoms with Crippen molar-refractivity contribution in [3.05, 3.63) is 30.0 Å². The van der Waals surface area contributed by atoms with Gasteiger partial charge in [0, 0.05) is 18.5 Å². The number of aromatic nitrogens is 2. The Kier molecular flexibility index (Phi) is 4.17. The van der Waals surface area contributed by atoms with E-state index in [1.54, 1.807) is 6.20 Å². The number of piperidine rings is 1. The molecule has 4 rings (SSSR count). The number of benzene rings is 1. The second-order valence-corrected chi connectivity index (χ2v) is 6.85. The van der Waals surface area contributed by atoms with Crippen molar-refractivity contribution in [3.63, 3.8) is 0 Å². The van der Waals surface area contributed by atoms with Crippen LogP contribution in [0.5, 0.6) is 0 Å². The average Bonchev–Trinajstić information content (AvgIpc) is 3.30. The number of nitrogens with zero attached hydrogens (tertiary/aromatic N) is 2. The molecular weight excluding hydrogens is 322 g/mol. The predicted octanol–water partition coefficient (Wildman–Crippen LogP) is 2.05. The molecule has 3 heterocycles. The number of amides is 1. The SMILES string of the molecule is O=C(O)[C@H]1CC[C@@H](C2CCN(C(=O)c3cccc4[nH]ncc34)CC2)O1. The second-order valence-electron chi connectivity index (χ2n) is 6.85. The van der Waals surface area contributed by atoms with E-state index in [2.05, 4.69) is 10.2 Å². The minimum atomic E-state index is -0.872. The molecule has 2 aliphatic heterocycles. The Bertz CT molecular complexity index is 794. The summed E-state index contributed by atoms with van der Waals surface area (Å²) in [5, 5.41) is 16.8. The number of aromatic amines is 1. The van der Waals surface area contributed by atoms with E-state index in [0.29, 0.717) is 31.0 Å². The van der Waals surface area contributed by atoms with Crippen molar-refractivity contribution >= 4 is 22.8 Å². The number of carbonyl (C=O) groups is 2. The van der Waals surface area contributed by atoms with Crippen LogP contribution in [0.2, 0.25) is 0 Å². The lowest BCUT2D eigenvalue weighted by Gasteiger charge is -2.34. The molecule has 2 aromatic rings. The molecule has 2 atom stereocenters. The molecule has 0 saturated carbocycles. The maximum Gasteiger partial charge on any atom is 0.332 e. The first-order valence-electron chi connectivity index (χ1n) is 8.73. The second kappa shape index (κ2) is 6.48. The zero-order valence-corrected chi connectivity index (χ0v) is 13.9. The number of aliphatic carboxylic acids is 1. The summed E-state index contributed by atoms with van der Waals surface area (Å²) in [6.07, 6.45) is 4.12. The lowest BCUT2D eigenvalue weighted by atomic mass is 9.89. The molecule has 7 nitrogen and oxygen atoms in total. The van der Waals surface area contributed by atoms with E-state index < -0.39 is 12.1 Å². The maximum absolute atomic E-state index is 12.9. The van der Waals surface area contributed by atoms with Crippen LogP contribution >= 0.6 is 0 Å². The summed E-state index contributed by atoms with van der Waals surface area (Å²) in [5.41, 5.74) is 1.53. The molecule has 0 unspecified atom stereocenters. The predicted molar refractivity (Wildman–Crippen MR) is 90.3 cm³/mol. The van der Waals surface area contributed by atoms with E-state index in [1.807, 2.05) is 23.1 Å². The standard InChI is InChI=1S/C18H21N3O4/c22-17(12-2-1-3-14-13(12)10-19-20-14)21-8-6-11(7-9-21)15-4-5-16(25-15)18(23)24/h1-3,10-11,15-16H,4-9H2,(H,19,20)(H,23,24)/t15-,16+/m0/s1. The van der Waals surface area contributed by atoms with Crippen LogP contribution in [-0.4, -0.2) is 57.4 Å². The van der Waals surface area contributed by atoms with Gasteiger partial charge in [-0.15, -0.1) is 0 Å². The summed E-state index contributed by atoms with van der Waals surface area (Å²) in [4.78, 5) is 25.8. The van der Waals surface area contributed by atoms with E-state index in [9.17, 15) is 9.59 Å². The van der Waals surface area contributed by atoms with Gasteiger partial charge in [-0.25, -0.2) is 4.79 Å². The van der Waals surface area contributed by atoms with Crippen molar-refractivity contribution in [2.24, 2.45) is 5.92 Å². The number of carbonyl (C=O) groups excluding carboxylic acids is 1. The summed E-state index contributed by atoms with van der Waals surface area (Å²) >= 11 is 0. The minimum Gasteiger partial charge on any atom is -0.479 e. The first-order chi connectivity index (χ1) is 12.1. The Balaban J connectivity index is 1.40. The van der Waals surface area contributed by atoms with Crippen LogP contribution in [0.3, 0.4) is 0 Å². The van der Waals surface area contributed by atoms with E-state index in [4.69, 9.17) is 9.84 Å². The van der Waals surface area contributed by atoms with Gasteiger partial charge in [0.25, 0.3) is 5.91 Å². The van der Waals surface area contributed by atoms with Gasteiger partial charge in [-0.2, -0.15) is 5.10 Å². The van der Waals surface area contributed by atoms with Crippen molar-refractivity contribution in [3.8, 4) is 0 Å². The molecule has 0 radical (unpaired) electrons. The lowest BCUT2D eigenvalue weighted by Crippen LogP contribution is -2.41. The van der Waals surface area contributed by atoms with Gasteiger partial charge in [0.05, 0.1) is 23.4 Å². The molecule has 1 amide bonds. The number of hydrogen-bond acceptors (Lipinski definition) is 4. The van der Waals surface area contributed by atoms with Crippen LogP contribution in [0, 0.1) is 5.92 Å². The number of nitrogens with one attached hydrogen (secondary N) is 1. The molecule has 1 aromatic carbocycles. The fourth-order valence-corrected chi connectivity index (χ4v) is 3.99. The third-order valence-electron chi connectivity index (χ3n) is 5.40. The number of likely N-dealkylation sites (tertiary alicyclic amines) is 1. The molecule has 1 aromatic heterocycles. The molecule has 2 aliphatic rings. The Morgan fingerprint density at radius 2 is 2.00 bits per heavy atom. The third kappa shape index (κ3) is 3.00. The number of rotatable bonds is 3. The van der Waals surface area contributed by atoms with Crippen molar-refractivity contribution in [1.82, 2.24) is 15.1 Å². The van der Waals surface area contributed by atoms with Crippen LogP contribution < -0.4 is 0 Å². The van der Waals surface area contributed by atoms with E-state index in [-0.39, 0.29) is 12.0 Å². The van der Waals surface area contributed by atoms with E-state index in [1.165, 1.54) is 0 Å². The van der Waals surface area contributed by atoms with Gasteiger partial charge in [-0.3, -0.25) is 9.89 Å². The molecule has 7 heteroatoms. The third-order valence-corrected chi connectivity index (χ3v) is 5.40. The molecule has 0 aliphatic carbocycles. The molecular formula is C18H21N3O4. The highest BCUT2D eigenvalue weighted by molar-refractivity contribution is 6.06. The van der Waals surface area contributed by atoms with Crippen molar-refractivity contribution in [2.75, 3.05) is 13.1 Å². The molecule has 2 fully saturated rings. The number of fused-ring (bicyclic) bond motifs is 1. The smallest absolute Gasteiger partial charge is 0.332 e. The number of hydrogen-bond donors (Lipinski definition) is 2. The fourth-order valence-electron chi connectivity index (χ4n) is 3.99. The first kappa shape index (κ1) is 16.1. The van der Waals surface area contributed by atoms with Crippen LogP contribution in [-0.2, 0) is 9.53 Å². The van der Waals surface area contributed by atoms with E-state index in [0.717, 1.165) is 30.2 Å². The number of H-pyrrole nitrogens is 1. The zero-order valence-electron chi connectivity index (χ0n) is 13.9. The van der Waals surface area contributed by atoms with Crippen molar-refractivity contribution in [2.45, 2.75) is 37.9 Å². The Hall–Kier alpha value is -2.41. The van der Waals surface area contributed by atoms with Crippen LogP contribution in [0.15, 0.2) is 24.4 Å². The molecule has 132 valence electrons. The zero-order chi connectivity index (χ0) is 17.4. The summed E-state index contributed by atoms with van der Waals surface area (Å²) in [6.45, 7) is 1.35. The van der Waals surface area contributed by atoms with Crippen LogP contribution in [0.4, 0.5) is 0 Å². The molecule has 25 heavy (non-hydrogen) atoms. The van der Waals surface area contributed by atoms with Gasteiger partial charge < -0.3 is 14.7 Å². The highest BCUT2D eigenvalue weighted by Gasteiger charge is 2.37. The van der Waals surface area contributed by atoms with Gasteiger partial charge in [0.1, 0.15) is 0 Å². The summed E-state index contributed by atoms with van der Waals surface area (Å²) in [5.74, 6) is -0.511. The van der Waals surface area contributed by atoms with Crippen LogP contribution in [0.1, 0.15) is 36.0 Å². The fraction of sp³-hybridized carbons (Fsp3) is 0.500. The number of carboxylic acids is 1. The minimum absolute atomic E-state index is 0.00987. The molecule has 2 N–H and O–H groups in total. The lowest BCUT2D eigenvalue weighted by molar-refractivity contribution is -0.150. The quantitative estimate of drug-likeness (QED) is 0.889. The Labute approximate surface area is 145 Å². The summed E-state index contributed by atoms with van der Waals surface area (Å²) in [7, 11) is 0. The number of carboxylic acid groups (broad SMARTS) is 1. The van der Waals surface area contributed by atoms with Gasteiger partial charge >= 0.3 is 5.97 Å². The maximum atomic E-state index is 12.9. The largest absolute Gasteiger partial charge is 0.479 e. The molecule has 0 spiro atoms. The monoisotopic (exact) mass is 343 g/mol. The van der Waals surface area contributed by atoms with Gasteiger partial charge in [0.15, 0.2) is 6.10 Å².